The topological polar surface area (TPSA) is 73.5 Å². The molecule has 2 rings (SSSR count). The number of rotatable bonds is 4. The quantitative estimate of drug-likeness (QED) is 0.782. The van der Waals surface area contributed by atoms with Gasteiger partial charge in [-0.25, -0.2) is 4.79 Å². The van der Waals surface area contributed by atoms with Gasteiger partial charge in [0, 0.05) is 38.4 Å². The number of carbonyl (C=O) groups is 2. The molecule has 6 nitrogen and oxygen atoms in total. The van der Waals surface area contributed by atoms with Crippen molar-refractivity contribution in [2.45, 2.75) is 25.8 Å². The highest BCUT2D eigenvalue weighted by molar-refractivity contribution is 5.89. The second-order valence-electron chi connectivity index (χ2n) is 5.43. The molecule has 1 aliphatic rings. The van der Waals surface area contributed by atoms with Gasteiger partial charge in [0.15, 0.2) is 0 Å². The maximum absolute atomic E-state index is 12.5. The number of carbonyl (C=O) groups excluding carboxylic acids is 2. The molecule has 0 aromatic heterocycles. The van der Waals surface area contributed by atoms with Crippen molar-refractivity contribution in [1.82, 2.24) is 15.5 Å². The van der Waals surface area contributed by atoms with Crippen molar-refractivity contribution in [3.05, 3.63) is 29.8 Å². The third-order valence-electron chi connectivity index (χ3n) is 3.94. The second kappa shape index (κ2) is 7.79. The maximum atomic E-state index is 12.5. The molecular formula is C16H24N4O2. The number of urea groups is 1. The van der Waals surface area contributed by atoms with Crippen LogP contribution >= 0.6 is 0 Å². The van der Waals surface area contributed by atoms with Crippen molar-refractivity contribution in [3.63, 3.8) is 0 Å². The van der Waals surface area contributed by atoms with Gasteiger partial charge in [-0.05, 0) is 24.1 Å². The van der Waals surface area contributed by atoms with Gasteiger partial charge in [-0.15, -0.1) is 0 Å². The predicted octanol–water partition coefficient (Wildman–Crippen LogP) is 1.19. The molecule has 6 heteroatoms. The first-order chi connectivity index (χ1) is 10.6. The van der Waals surface area contributed by atoms with E-state index < -0.39 is 0 Å². The van der Waals surface area contributed by atoms with Crippen molar-refractivity contribution in [1.29, 1.82) is 0 Å². The number of hydrogen-bond acceptors (Lipinski definition) is 3. The lowest BCUT2D eigenvalue weighted by Crippen LogP contribution is -2.53. The first-order valence-electron chi connectivity index (χ1n) is 7.72. The normalized spacial score (nSPS) is 17.9. The van der Waals surface area contributed by atoms with E-state index in [1.807, 2.05) is 29.2 Å². The molecule has 0 bridgehead atoms. The molecule has 0 radical (unpaired) electrons. The van der Waals surface area contributed by atoms with Gasteiger partial charge < -0.3 is 20.9 Å². The van der Waals surface area contributed by atoms with Crippen LogP contribution in [0.3, 0.4) is 0 Å². The average Bonchev–Trinajstić information content (AvgIpc) is 2.56. The van der Waals surface area contributed by atoms with Crippen LogP contribution in [-0.2, 0) is 11.2 Å². The summed E-state index contributed by atoms with van der Waals surface area (Å²) in [4.78, 5) is 25.7. The van der Waals surface area contributed by atoms with Crippen molar-refractivity contribution in [2.24, 2.45) is 0 Å². The minimum absolute atomic E-state index is 0.167. The highest BCUT2D eigenvalue weighted by atomic mass is 16.2. The Morgan fingerprint density at radius 3 is 2.68 bits per heavy atom. The van der Waals surface area contributed by atoms with E-state index in [0.29, 0.717) is 12.1 Å². The minimum Gasteiger partial charge on any atom is -0.341 e. The molecule has 1 aromatic rings. The van der Waals surface area contributed by atoms with Gasteiger partial charge in [0.1, 0.15) is 0 Å². The van der Waals surface area contributed by atoms with Gasteiger partial charge in [-0.2, -0.15) is 0 Å². The summed E-state index contributed by atoms with van der Waals surface area (Å²) < 4.78 is 0. The zero-order valence-corrected chi connectivity index (χ0v) is 13.2. The Hall–Kier alpha value is -2.08. The summed E-state index contributed by atoms with van der Waals surface area (Å²) in [6.07, 6.45) is 1.37. The zero-order valence-electron chi connectivity index (χ0n) is 13.2. The van der Waals surface area contributed by atoms with Crippen LogP contribution in [0.1, 0.15) is 18.9 Å². The van der Waals surface area contributed by atoms with Crippen molar-refractivity contribution in [2.75, 3.05) is 32.0 Å². The molecule has 0 spiro atoms. The number of nitrogens with one attached hydrogen (secondary N) is 3. The van der Waals surface area contributed by atoms with Gasteiger partial charge in [-0.3, -0.25) is 4.79 Å². The van der Waals surface area contributed by atoms with E-state index >= 15 is 0 Å². The van der Waals surface area contributed by atoms with E-state index in [4.69, 9.17) is 0 Å². The molecule has 120 valence electrons. The Kier molecular flexibility index (Phi) is 5.77. The highest BCUT2D eigenvalue weighted by Crippen LogP contribution is 2.13. The smallest absolute Gasteiger partial charge is 0.318 e. The average molecular weight is 304 g/mol. The van der Waals surface area contributed by atoms with E-state index in [0.717, 1.165) is 31.6 Å². The standard InChI is InChI=1S/C16H24N4O2/c1-3-14-11-18-8-9-20(14)15(21)10-12-4-6-13(7-5-12)19-16(22)17-2/h4-7,14,18H,3,8-11H2,1-2H3,(H2,17,19,22). The molecule has 1 aliphatic heterocycles. The number of anilines is 1. The van der Waals surface area contributed by atoms with E-state index in [-0.39, 0.29) is 18.0 Å². The zero-order chi connectivity index (χ0) is 15.9. The van der Waals surface area contributed by atoms with Gasteiger partial charge >= 0.3 is 6.03 Å². The summed E-state index contributed by atoms with van der Waals surface area (Å²) >= 11 is 0. The van der Waals surface area contributed by atoms with Crippen LogP contribution in [0.15, 0.2) is 24.3 Å². The lowest BCUT2D eigenvalue weighted by molar-refractivity contribution is -0.133. The maximum Gasteiger partial charge on any atom is 0.318 e. The number of benzene rings is 1. The Labute approximate surface area is 131 Å². The van der Waals surface area contributed by atoms with E-state index in [1.165, 1.54) is 0 Å². The molecule has 1 fully saturated rings. The SMILES string of the molecule is CCC1CNCCN1C(=O)Cc1ccc(NC(=O)NC)cc1. The number of piperazine rings is 1. The second-order valence-corrected chi connectivity index (χ2v) is 5.43. The van der Waals surface area contributed by atoms with Crippen LogP contribution in [0, 0.1) is 0 Å². The molecular weight excluding hydrogens is 280 g/mol. The first kappa shape index (κ1) is 16.3. The van der Waals surface area contributed by atoms with E-state index in [1.54, 1.807) is 7.05 Å². The minimum atomic E-state index is -0.254. The number of hydrogen-bond donors (Lipinski definition) is 3. The summed E-state index contributed by atoms with van der Waals surface area (Å²) in [5, 5.41) is 8.52. The molecule has 22 heavy (non-hydrogen) atoms. The van der Waals surface area contributed by atoms with Gasteiger partial charge in [0.05, 0.1) is 6.42 Å². The molecule has 3 amide bonds. The largest absolute Gasteiger partial charge is 0.341 e. The fourth-order valence-corrected chi connectivity index (χ4v) is 2.63. The van der Waals surface area contributed by atoms with Crippen molar-refractivity contribution >= 4 is 17.6 Å². The van der Waals surface area contributed by atoms with Crippen LogP contribution < -0.4 is 16.0 Å². The van der Waals surface area contributed by atoms with Gasteiger partial charge in [0.2, 0.25) is 5.91 Å². The molecule has 0 aliphatic carbocycles. The molecule has 3 N–H and O–H groups in total. The predicted molar refractivity (Wildman–Crippen MR) is 86.9 cm³/mol. The number of nitrogens with zero attached hydrogens (tertiary/aromatic N) is 1. The molecule has 1 heterocycles. The summed E-state index contributed by atoms with van der Waals surface area (Å²) in [6, 6.07) is 7.42. The number of amides is 3. The monoisotopic (exact) mass is 304 g/mol. The third kappa shape index (κ3) is 4.21. The summed E-state index contributed by atoms with van der Waals surface area (Å²) in [5.41, 5.74) is 1.67. The Bertz CT molecular complexity index is 515. The first-order valence-corrected chi connectivity index (χ1v) is 7.72. The van der Waals surface area contributed by atoms with E-state index in [9.17, 15) is 9.59 Å². The van der Waals surface area contributed by atoms with Gasteiger partial charge in [0.25, 0.3) is 0 Å². The molecule has 1 atom stereocenters. The molecule has 1 unspecified atom stereocenters. The lowest BCUT2D eigenvalue weighted by Gasteiger charge is -2.35. The molecule has 1 saturated heterocycles. The van der Waals surface area contributed by atoms with Crippen molar-refractivity contribution in [3.8, 4) is 0 Å². The lowest BCUT2D eigenvalue weighted by atomic mass is 10.1. The summed E-state index contributed by atoms with van der Waals surface area (Å²) in [7, 11) is 1.57. The van der Waals surface area contributed by atoms with Crippen molar-refractivity contribution < 1.29 is 9.59 Å². The summed E-state index contributed by atoms with van der Waals surface area (Å²) in [5.74, 6) is 0.167. The van der Waals surface area contributed by atoms with Crippen LogP contribution in [0.4, 0.5) is 10.5 Å². The Morgan fingerprint density at radius 2 is 2.05 bits per heavy atom. The Balaban J connectivity index is 1.95. The van der Waals surface area contributed by atoms with Gasteiger partial charge in [-0.1, -0.05) is 19.1 Å². The highest BCUT2D eigenvalue weighted by Gasteiger charge is 2.24. The third-order valence-corrected chi connectivity index (χ3v) is 3.94. The molecule has 0 saturated carbocycles. The van der Waals surface area contributed by atoms with E-state index in [2.05, 4.69) is 22.9 Å². The van der Waals surface area contributed by atoms with Crippen LogP contribution in [0.2, 0.25) is 0 Å². The van der Waals surface area contributed by atoms with Crippen LogP contribution in [0.5, 0.6) is 0 Å². The fraction of sp³-hybridized carbons (Fsp3) is 0.500. The fourth-order valence-electron chi connectivity index (χ4n) is 2.63. The van der Waals surface area contributed by atoms with Crippen LogP contribution in [0.25, 0.3) is 0 Å². The Morgan fingerprint density at radius 1 is 1.32 bits per heavy atom. The molecule has 1 aromatic carbocycles. The van der Waals surface area contributed by atoms with Crippen LogP contribution in [-0.4, -0.2) is 49.6 Å². The summed E-state index contributed by atoms with van der Waals surface area (Å²) in [6.45, 7) is 4.61.